The van der Waals surface area contributed by atoms with E-state index in [9.17, 15) is 4.79 Å². The third kappa shape index (κ3) is 4.76. The second kappa shape index (κ2) is 7.24. The quantitative estimate of drug-likeness (QED) is 0.880. The first-order valence-electron chi connectivity index (χ1n) is 6.08. The Kier molecular flexibility index (Phi) is 6.26. The molecule has 6 heteroatoms. The van der Waals surface area contributed by atoms with Gasteiger partial charge in [0.05, 0.1) is 6.54 Å². The number of benzene rings is 1. The Morgan fingerprint density at radius 1 is 1.58 bits per heavy atom. The minimum atomic E-state index is 0. The van der Waals surface area contributed by atoms with Crippen LogP contribution in [0.1, 0.15) is 12.0 Å². The van der Waals surface area contributed by atoms with Crippen LogP contribution in [0.2, 0.25) is 0 Å². The lowest BCUT2D eigenvalue weighted by atomic mass is 10.2. The van der Waals surface area contributed by atoms with E-state index in [-0.39, 0.29) is 24.4 Å². The largest absolute Gasteiger partial charge is 0.326 e. The van der Waals surface area contributed by atoms with Gasteiger partial charge in [-0.1, -0.05) is 15.9 Å². The maximum atomic E-state index is 11.9. The van der Waals surface area contributed by atoms with Gasteiger partial charge in [-0.05, 0) is 37.1 Å². The zero-order chi connectivity index (χ0) is 13.1. The molecule has 1 atom stereocenters. The van der Waals surface area contributed by atoms with E-state index in [0.717, 1.165) is 35.2 Å². The van der Waals surface area contributed by atoms with Crippen LogP contribution in [0.4, 0.5) is 5.69 Å². The fourth-order valence-corrected chi connectivity index (χ4v) is 2.38. The summed E-state index contributed by atoms with van der Waals surface area (Å²) < 4.78 is 1.05. The number of rotatable bonds is 3. The van der Waals surface area contributed by atoms with Crippen LogP contribution in [0, 0.1) is 6.92 Å². The Hall–Kier alpha value is -0.620. The Bertz CT molecular complexity index is 456. The van der Waals surface area contributed by atoms with Gasteiger partial charge in [-0.25, -0.2) is 0 Å². The van der Waals surface area contributed by atoms with Crippen LogP contribution in [0.25, 0.3) is 0 Å². The van der Waals surface area contributed by atoms with Crippen molar-refractivity contribution in [2.75, 3.05) is 25.0 Å². The first-order chi connectivity index (χ1) is 8.54. The van der Waals surface area contributed by atoms with Crippen LogP contribution >= 0.6 is 28.3 Å². The van der Waals surface area contributed by atoms with Crippen molar-refractivity contribution < 1.29 is 4.79 Å². The molecule has 1 amide bonds. The Morgan fingerprint density at radius 2 is 2.32 bits per heavy atom. The monoisotopic (exact) mass is 347 g/mol. The standard InChI is InChI=1S/C13H18BrN3O.ClH/c1-9-6-11(2-3-12(9)14)16-13(18)8-17-5-4-10(15)7-17;/h2-3,6,10H,4-5,7-8,15H2,1H3,(H,16,18);1H/t10-;/m0./s1. The smallest absolute Gasteiger partial charge is 0.238 e. The fraction of sp³-hybridized carbons (Fsp3) is 0.462. The molecular weight excluding hydrogens is 330 g/mol. The molecule has 0 bridgehead atoms. The molecule has 3 N–H and O–H groups in total. The van der Waals surface area contributed by atoms with Crippen molar-refractivity contribution in [1.29, 1.82) is 0 Å². The molecule has 1 aromatic carbocycles. The summed E-state index contributed by atoms with van der Waals surface area (Å²) in [4.78, 5) is 14.0. The molecule has 0 unspecified atom stereocenters. The molecule has 1 aliphatic heterocycles. The normalized spacial score (nSPS) is 19.0. The van der Waals surface area contributed by atoms with Gasteiger partial charge in [0.2, 0.25) is 5.91 Å². The molecule has 1 saturated heterocycles. The molecule has 4 nitrogen and oxygen atoms in total. The predicted molar refractivity (Wildman–Crippen MR) is 83.8 cm³/mol. The predicted octanol–water partition coefficient (Wildman–Crippen LogP) is 2.15. The van der Waals surface area contributed by atoms with Crippen molar-refractivity contribution in [2.24, 2.45) is 5.73 Å². The summed E-state index contributed by atoms with van der Waals surface area (Å²) in [5.74, 6) is 0.0193. The van der Waals surface area contributed by atoms with Crippen LogP contribution in [0.15, 0.2) is 22.7 Å². The summed E-state index contributed by atoms with van der Waals surface area (Å²) in [5.41, 5.74) is 7.76. The highest BCUT2D eigenvalue weighted by Crippen LogP contribution is 2.20. The van der Waals surface area contributed by atoms with Crippen LogP contribution in [-0.2, 0) is 4.79 Å². The highest BCUT2D eigenvalue weighted by molar-refractivity contribution is 9.10. The van der Waals surface area contributed by atoms with Gasteiger partial charge in [0.25, 0.3) is 0 Å². The molecule has 0 spiro atoms. The molecule has 1 aromatic rings. The summed E-state index contributed by atoms with van der Waals surface area (Å²) in [7, 11) is 0. The molecule has 1 fully saturated rings. The molecular formula is C13H19BrClN3O. The Balaban J connectivity index is 0.00000180. The number of nitrogens with zero attached hydrogens (tertiary/aromatic N) is 1. The second-order valence-corrected chi connectivity index (χ2v) is 5.65. The molecule has 0 radical (unpaired) electrons. The van der Waals surface area contributed by atoms with Gasteiger partial charge in [0.1, 0.15) is 0 Å². The van der Waals surface area contributed by atoms with E-state index in [1.165, 1.54) is 0 Å². The van der Waals surface area contributed by atoms with Crippen molar-refractivity contribution in [1.82, 2.24) is 4.90 Å². The first-order valence-corrected chi connectivity index (χ1v) is 6.88. The summed E-state index contributed by atoms with van der Waals surface area (Å²) in [6, 6.07) is 6.01. The summed E-state index contributed by atoms with van der Waals surface area (Å²) in [6.45, 7) is 4.14. The third-order valence-electron chi connectivity index (χ3n) is 3.12. The number of amides is 1. The molecule has 2 rings (SSSR count). The van der Waals surface area contributed by atoms with E-state index in [2.05, 4.69) is 26.1 Å². The summed E-state index contributed by atoms with van der Waals surface area (Å²) in [5, 5.41) is 2.91. The molecule has 19 heavy (non-hydrogen) atoms. The zero-order valence-corrected chi connectivity index (χ0v) is 13.3. The minimum Gasteiger partial charge on any atom is -0.326 e. The van der Waals surface area contributed by atoms with E-state index in [0.29, 0.717) is 6.54 Å². The van der Waals surface area contributed by atoms with Crippen molar-refractivity contribution >= 4 is 39.9 Å². The molecule has 0 saturated carbocycles. The average Bonchev–Trinajstić information content (AvgIpc) is 2.69. The Labute approximate surface area is 128 Å². The van der Waals surface area contributed by atoms with Gasteiger partial charge in [-0.15, -0.1) is 12.4 Å². The number of hydrogen-bond donors (Lipinski definition) is 2. The van der Waals surface area contributed by atoms with Crippen LogP contribution < -0.4 is 11.1 Å². The molecule has 0 aliphatic carbocycles. The SMILES string of the molecule is Cc1cc(NC(=O)CN2CC[C@H](N)C2)ccc1Br.Cl. The van der Waals surface area contributed by atoms with E-state index in [1.54, 1.807) is 0 Å². The summed E-state index contributed by atoms with van der Waals surface area (Å²) >= 11 is 3.44. The number of halogens is 2. The van der Waals surface area contributed by atoms with Gasteiger partial charge in [0.15, 0.2) is 0 Å². The number of hydrogen-bond acceptors (Lipinski definition) is 3. The van der Waals surface area contributed by atoms with Gasteiger partial charge in [-0.2, -0.15) is 0 Å². The van der Waals surface area contributed by atoms with Crippen LogP contribution in [-0.4, -0.2) is 36.5 Å². The van der Waals surface area contributed by atoms with Gasteiger partial charge in [-0.3, -0.25) is 9.69 Å². The van der Waals surface area contributed by atoms with Crippen LogP contribution in [0.3, 0.4) is 0 Å². The number of anilines is 1. The average molecular weight is 349 g/mol. The van der Waals surface area contributed by atoms with E-state index in [4.69, 9.17) is 5.73 Å². The highest BCUT2D eigenvalue weighted by Gasteiger charge is 2.20. The van der Waals surface area contributed by atoms with Gasteiger partial charge in [0, 0.05) is 29.3 Å². The minimum absolute atomic E-state index is 0. The second-order valence-electron chi connectivity index (χ2n) is 4.80. The lowest BCUT2D eigenvalue weighted by molar-refractivity contribution is -0.117. The van der Waals surface area contributed by atoms with Crippen LogP contribution in [0.5, 0.6) is 0 Å². The number of carbonyl (C=O) groups excluding carboxylic acids is 1. The summed E-state index contributed by atoms with van der Waals surface area (Å²) in [6.07, 6.45) is 0.977. The van der Waals surface area contributed by atoms with Crippen molar-refractivity contribution in [3.05, 3.63) is 28.2 Å². The zero-order valence-electron chi connectivity index (χ0n) is 10.9. The van der Waals surface area contributed by atoms with E-state index < -0.39 is 0 Å². The van der Waals surface area contributed by atoms with E-state index in [1.807, 2.05) is 25.1 Å². The van der Waals surface area contributed by atoms with Gasteiger partial charge < -0.3 is 11.1 Å². The fourth-order valence-electron chi connectivity index (χ4n) is 2.13. The van der Waals surface area contributed by atoms with Crippen molar-refractivity contribution in [3.8, 4) is 0 Å². The number of nitrogens with two attached hydrogens (primary N) is 1. The molecule has 1 heterocycles. The topological polar surface area (TPSA) is 58.4 Å². The van der Waals surface area contributed by atoms with Crippen molar-refractivity contribution in [3.63, 3.8) is 0 Å². The lowest BCUT2D eigenvalue weighted by Gasteiger charge is -2.15. The molecule has 106 valence electrons. The maximum absolute atomic E-state index is 11.9. The first kappa shape index (κ1) is 16.4. The number of nitrogens with one attached hydrogen (secondary N) is 1. The van der Waals surface area contributed by atoms with Crippen molar-refractivity contribution in [2.45, 2.75) is 19.4 Å². The van der Waals surface area contributed by atoms with Gasteiger partial charge >= 0.3 is 0 Å². The number of aryl methyl sites for hydroxylation is 1. The highest BCUT2D eigenvalue weighted by atomic mass is 79.9. The number of carbonyl (C=O) groups is 1. The molecule has 1 aliphatic rings. The lowest BCUT2D eigenvalue weighted by Crippen LogP contribution is -2.33. The Morgan fingerprint density at radius 3 is 2.89 bits per heavy atom. The molecule has 0 aromatic heterocycles. The third-order valence-corrected chi connectivity index (χ3v) is 4.01. The van der Waals surface area contributed by atoms with E-state index >= 15 is 0 Å². The maximum Gasteiger partial charge on any atom is 0.238 e. The number of likely N-dealkylation sites (tertiary alicyclic amines) is 1.